The van der Waals surface area contributed by atoms with Crippen LogP contribution in [-0.2, 0) is 16.1 Å². The van der Waals surface area contributed by atoms with Gasteiger partial charge in [0.2, 0.25) is 0 Å². The molecule has 1 atom stereocenters. The third-order valence-electron chi connectivity index (χ3n) is 2.49. The standard InChI is InChI=1S/C14H18FNO3/c1-10(2)8-12(13(15)17)16-14(18)19-9-11-6-4-3-5-7-11/h3-7,10,12H,8-9H2,1-2H3,(H,16,18)/t12-/m1/s1. The summed E-state index contributed by atoms with van der Waals surface area (Å²) in [5, 5.41) is 2.23. The van der Waals surface area contributed by atoms with E-state index in [0.29, 0.717) is 0 Å². The average Bonchev–Trinajstić information content (AvgIpc) is 2.36. The molecule has 19 heavy (non-hydrogen) atoms. The first-order valence-electron chi connectivity index (χ1n) is 6.15. The van der Waals surface area contributed by atoms with Crippen LogP contribution in [0.1, 0.15) is 25.8 Å². The van der Waals surface area contributed by atoms with E-state index < -0.39 is 18.2 Å². The van der Waals surface area contributed by atoms with Gasteiger partial charge in [-0.15, -0.1) is 0 Å². The topological polar surface area (TPSA) is 55.4 Å². The van der Waals surface area contributed by atoms with Crippen LogP contribution in [0.3, 0.4) is 0 Å². The van der Waals surface area contributed by atoms with E-state index in [1.807, 2.05) is 32.0 Å². The summed E-state index contributed by atoms with van der Waals surface area (Å²) in [5.41, 5.74) is 0.824. The van der Waals surface area contributed by atoms with Crippen molar-refractivity contribution in [3.63, 3.8) is 0 Å². The van der Waals surface area contributed by atoms with E-state index in [2.05, 4.69) is 5.32 Å². The number of ether oxygens (including phenoxy) is 1. The van der Waals surface area contributed by atoms with Crippen molar-refractivity contribution < 1.29 is 18.7 Å². The van der Waals surface area contributed by atoms with Crippen molar-refractivity contribution in [3.05, 3.63) is 35.9 Å². The lowest BCUT2D eigenvalue weighted by Gasteiger charge is -2.15. The number of hydrogen-bond donors (Lipinski definition) is 1. The van der Waals surface area contributed by atoms with Gasteiger partial charge in [0.15, 0.2) is 0 Å². The second-order valence-electron chi connectivity index (χ2n) is 4.69. The number of halogens is 1. The molecule has 0 unspecified atom stereocenters. The molecule has 0 aliphatic rings. The van der Waals surface area contributed by atoms with Gasteiger partial charge in [-0.1, -0.05) is 44.2 Å². The molecule has 0 fully saturated rings. The highest BCUT2D eigenvalue weighted by Crippen LogP contribution is 2.07. The van der Waals surface area contributed by atoms with Crippen LogP contribution in [0.4, 0.5) is 9.18 Å². The van der Waals surface area contributed by atoms with Crippen molar-refractivity contribution in [2.24, 2.45) is 5.92 Å². The highest BCUT2D eigenvalue weighted by Gasteiger charge is 2.22. The zero-order valence-electron chi connectivity index (χ0n) is 11.1. The molecule has 0 aliphatic carbocycles. The lowest BCUT2D eigenvalue weighted by atomic mass is 10.0. The molecule has 0 saturated carbocycles. The lowest BCUT2D eigenvalue weighted by Crippen LogP contribution is -2.40. The van der Waals surface area contributed by atoms with Gasteiger partial charge in [-0.05, 0) is 17.9 Å². The van der Waals surface area contributed by atoms with Crippen molar-refractivity contribution in [2.75, 3.05) is 0 Å². The van der Waals surface area contributed by atoms with Gasteiger partial charge in [0.25, 0.3) is 0 Å². The molecule has 0 saturated heterocycles. The second kappa shape index (κ2) is 7.51. The van der Waals surface area contributed by atoms with Gasteiger partial charge in [0.05, 0.1) is 0 Å². The van der Waals surface area contributed by atoms with Gasteiger partial charge in [0.1, 0.15) is 12.6 Å². The van der Waals surface area contributed by atoms with Gasteiger partial charge in [-0.2, -0.15) is 4.39 Å². The average molecular weight is 267 g/mol. The molecule has 0 bridgehead atoms. The highest BCUT2D eigenvalue weighted by atomic mass is 19.1. The molecule has 0 radical (unpaired) electrons. The Kier molecular flexibility index (Phi) is 5.99. The minimum atomic E-state index is -1.55. The minimum Gasteiger partial charge on any atom is -0.445 e. The number of carbonyl (C=O) groups is 2. The van der Waals surface area contributed by atoms with Crippen molar-refractivity contribution >= 4 is 12.1 Å². The summed E-state index contributed by atoms with van der Waals surface area (Å²) >= 11 is 0. The zero-order chi connectivity index (χ0) is 14.3. The summed E-state index contributed by atoms with van der Waals surface area (Å²) in [7, 11) is 0. The van der Waals surface area contributed by atoms with E-state index in [-0.39, 0.29) is 18.9 Å². The Labute approximate surface area is 112 Å². The molecule has 0 heterocycles. The Morgan fingerprint density at radius 3 is 2.42 bits per heavy atom. The van der Waals surface area contributed by atoms with Gasteiger partial charge in [-0.25, -0.2) is 4.79 Å². The molecule has 1 aromatic carbocycles. The number of hydrogen-bond acceptors (Lipinski definition) is 3. The normalized spacial score (nSPS) is 12.0. The number of carbonyl (C=O) groups excluding carboxylic acids is 2. The quantitative estimate of drug-likeness (QED) is 0.806. The number of alkyl carbamates (subject to hydrolysis) is 1. The molecular weight excluding hydrogens is 249 g/mol. The maximum Gasteiger partial charge on any atom is 0.408 e. The van der Waals surface area contributed by atoms with Gasteiger partial charge in [0, 0.05) is 0 Å². The second-order valence-corrected chi connectivity index (χ2v) is 4.69. The van der Waals surface area contributed by atoms with Crippen LogP contribution in [0.25, 0.3) is 0 Å². The number of nitrogens with one attached hydrogen (secondary N) is 1. The molecule has 5 heteroatoms. The Bertz CT molecular complexity index is 420. The Hall–Kier alpha value is -1.91. The first-order chi connectivity index (χ1) is 8.99. The molecule has 0 aromatic heterocycles. The van der Waals surface area contributed by atoms with Crippen LogP contribution in [-0.4, -0.2) is 18.2 Å². The molecule has 1 rings (SSSR count). The van der Waals surface area contributed by atoms with E-state index >= 15 is 0 Å². The molecule has 1 N–H and O–H groups in total. The van der Waals surface area contributed by atoms with Gasteiger partial charge in [-0.3, -0.25) is 4.79 Å². The fourth-order valence-electron chi connectivity index (χ4n) is 1.59. The molecule has 0 spiro atoms. The summed E-state index contributed by atoms with van der Waals surface area (Å²) in [5.74, 6) is 0.0964. The third-order valence-corrected chi connectivity index (χ3v) is 2.49. The molecule has 4 nitrogen and oxygen atoms in total. The maximum absolute atomic E-state index is 12.7. The molecule has 1 aromatic rings. The summed E-state index contributed by atoms with van der Waals surface area (Å²) in [6.45, 7) is 3.77. The fraction of sp³-hybridized carbons (Fsp3) is 0.429. The van der Waals surface area contributed by atoms with Crippen LogP contribution >= 0.6 is 0 Å². The van der Waals surface area contributed by atoms with E-state index in [4.69, 9.17) is 4.74 Å². The predicted octanol–water partition coefficient (Wildman–Crippen LogP) is 2.82. The number of amides is 1. The molecule has 104 valence electrons. The van der Waals surface area contributed by atoms with E-state index in [1.165, 1.54) is 0 Å². The lowest BCUT2D eigenvalue weighted by molar-refractivity contribution is -0.131. The smallest absolute Gasteiger partial charge is 0.408 e. The number of benzene rings is 1. The van der Waals surface area contributed by atoms with E-state index in [9.17, 15) is 14.0 Å². The largest absolute Gasteiger partial charge is 0.445 e. The fourth-order valence-corrected chi connectivity index (χ4v) is 1.59. The molecule has 1 amide bonds. The Morgan fingerprint density at radius 2 is 1.89 bits per heavy atom. The molecule has 0 aliphatic heterocycles. The maximum atomic E-state index is 12.7. The van der Waals surface area contributed by atoms with Crippen molar-refractivity contribution in [2.45, 2.75) is 32.9 Å². The van der Waals surface area contributed by atoms with Gasteiger partial charge < -0.3 is 10.1 Å². The first-order valence-corrected chi connectivity index (χ1v) is 6.15. The van der Waals surface area contributed by atoms with Crippen LogP contribution in [0.5, 0.6) is 0 Å². The van der Waals surface area contributed by atoms with E-state index in [0.717, 1.165) is 5.56 Å². The number of rotatable bonds is 6. The summed E-state index contributed by atoms with van der Waals surface area (Å²) in [6.07, 6.45) is -0.545. The highest BCUT2D eigenvalue weighted by molar-refractivity contribution is 5.80. The van der Waals surface area contributed by atoms with Crippen LogP contribution in [0.2, 0.25) is 0 Å². The summed E-state index contributed by atoms with van der Waals surface area (Å²) < 4.78 is 17.7. The first kappa shape index (κ1) is 15.1. The predicted molar refractivity (Wildman–Crippen MR) is 69.1 cm³/mol. The zero-order valence-corrected chi connectivity index (χ0v) is 11.1. The monoisotopic (exact) mass is 267 g/mol. The van der Waals surface area contributed by atoms with Crippen molar-refractivity contribution in [3.8, 4) is 0 Å². The molecular formula is C14H18FNO3. The van der Waals surface area contributed by atoms with Crippen LogP contribution in [0.15, 0.2) is 30.3 Å². The minimum absolute atomic E-state index is 0.0849. The van der Waals surface area contributed by atoms with Crippen molar-refractivity contribution in [1.82, 2.24) is 5.32 Å². The van der Waals surface area contributed by atoms with Crippen LogP contribution < -0.4 is 5.32 Å². The van der Waals surface area contributed by atoms with Crippen LogP contribution in [0, 0.1) is 5.92 Å². The van der Waals surface area contributed by atoms with Gasteiger partial charge >= 0.3 is 12.1 Å². The summed E-state index contributed by atoms with van der Waals surface area (Å²) in [6, 6.07) is 6.42. The third kappa shape index (κ3) is 5.99. The van der Waals surface area contributed by atoms with Crippen molar-refractivity contribution in [1.29, 1.82) is 0 Å². The Balaban J connectivity index is 2.42. The van der Waals surface area contributed by atoms with E-state index in [1.54, 1.807) is 12.1 Å². The Morgan fingerprint density at radius 1 is 1.26 bits per heavy atom. The SMILES string of the molecule is CC(C)C[C@@H](NC(=O)OCc1ccccc1)C(=O)F. The summed E-state index contributed by atoms with van der Waals surface area (Å²) in [4.78, 5) is 22.2.